The Morgan fingerprint density at radius 3 is 1.45 bits per heavy atom. The second-order valence-electron chi connectivity index (χ2n) is 35.3. The Hall–Kier alpha value is -7.71. The SMILES string of the molecule is CC=CC[C@@H](C)C(OC(=O)OCOC(=O)CCCSSCC(NC(=O)CCCCCCCCCCCCCCC)C(=O)OCC)C1C(=O)N[C@@H](CC)C(=O)N(C)CC(=O)N(C)[C@@H](CC(C)C)C(=O)N[C@@H](C(C)C)C(=O)N(C)[C@@H](CC(C)C)C(=O)N[C@@H](C)C(=O)N[C@H](C)C(=O)N(C)[C@@H](CC(C)C)C(=O)N(C)C(CC(C)C)C(=O)N(C)[C@@H](C(C)C)C(=O)N1C. The molecule has 0 radical (unpaired) electrons. The molecule has 31 nitrogen and oxygen atoms in total. The second kappa shape index (κ2) is 59.2. The van der Waals surface area contributed by atoms with Crippen molar-refractivity contribution in [3.8, 4) is 0 Å². The summed E-state index contributed by atoms with van der Waals surface area (Å²) in [7, 11) is 12.3. The smallest absolute Gasteiger partial charge is 0.464 e. The first-order valence-electron chi connectivity index (χ1n) is 44.6. The molecule has 0 aromatic heterocycles. The lowest BCUT2D eigenvalue weighted by molar-refractivity contribution is -0.159. The van der Waals surface area contributed by atoms with Gasteiger partial charge in [-0.1, -0.05) is 215 Å². The van der Waals surface area contributed by atoms with Crippen LogP contribution in [0.4, 0.5) is 4.79 Å². The van der Waals surface area contributed by atoms with E-state index >= 15 is 19.2 Å². The molecule has 33 heteroatoms. The van der Waals surface area contributed by atoms with Crippen LogP contribution in [0.25, 0.3) is 0 Å². The Labute approximate surface area is 738 Å². The first-order valence-corrected chi connectivity index (χ1v) is 47.1. The minimum Gasteiger partial charge on any atom is -0.464 e. The maximum atomic E-state index is 15.9. The summed E-state index contributed by atoms with van der Waals surface area (Å²) in [6, 6.07) is -14.3. The number of carbonyl (C=O) groups excluding carboxylic acids is 15. The Morgan fingerprint density at radius 2 is 0.951 bits per heavy atom. The molecule has 0 saturated carbocycles. The molecular weight excluding hydrogens is 1610 g/mol. The minimum atomic E-state index is -1.86. The van der Waals surface area contributed by atoms with Crippen molar-refractivity contribution >= 4 is 111 Å². The van der Waals surface area contributed by atoms with Gasteiger partial charge in [0.1, 0.15) is 72.6 Å². The summed E-state index contributed by atoms with van der Waals surface area (Å²) in [4.78, 5) is 226. The molecular formula is C89H158N12O19S2. The molecule has 1 saturated heterocycles. The van der Waals surface area contributed by atoms with Gasteiger partial charge >= 0.3 is 18.1 Å². The Bertz CT molecular complexity index is 3330. The van der Waals surface area contributed by atoms with Crippen molar-refractivity contribution in [3.05, 3.63) is 12.2 Å². The fourth-order valence-corrected chi connectivity index (χ4v) is 16.9. The highest BCUT2D eigenvalue weighted by atomic mass is 33.1. The second-order valence-corrected chi connectivity index (χ2v) is 37.9. The lowest BCUT2D eigenvalue weighted by Gasteiger charge is -2.42. The van der Waals surface area contributed by atoms with E-state index in [1.54, 1.807) is 67.5 Å². The van der Waals surface area contributed by atoms with E-state index < -0.39 is 187 Å². The van der Waals surface area contributed by atoms with Crippen molar-refractivity contribution in [3.63, 3.8) is 0 Å². The van der Waals surface area contributed by atoms with E-state index in [1.807, 2.05) is 55.4 Å². The number of rotatable bonds is 42. The number of unbranched alkanes of at least 4 members (excludes halogenated alkanes) is 12. The van der Waals surface area contributed by atoms with Crippen LogP contribution in [0.15, 0.2) is 12.2 Å². The molecule has 1 rings (SSSR count). The van der Waals surface area contributed by atoms with Crippen molar-refractivity contribution < 1.29 is 90.9 Å². The Kier molecular flexibility index (Phi) is 54.5. The van der Waals surface area contributed by atoms with Gasteiger partial charge in [0.2, 0.25) is 77.7 Å². The van der Waals surface area contributed by atoms with Crippen LogP contribution in [0.5, 0.6) is 0 Å². The van der Waals surface area contributed by atoms with Gasteiger partial charge in [-0.25, -0.2) is 9.59 Å². The molecule has 0 aromatic carbocycles. The summed E-state index contributed by atoms with van der Waals surface area (Å²) in [5.74, 6) is -12.2. The summed E-state index contributed by atoms with van der Waals surface area (Å²) < 4.78 is 22.1. The van der Waals surface area contributed by atoms with E-state index in [1.165, 1.54) is 167 Å². The molecule has 1 fully saturated rings. The largest absolute Gasteiger partial charge is 0.511 e. The Morgan fingerprint density at radius 1 is 0.475 bits per heavy atom. The molecule has 122 heavy (non-hydrogen) atoms. The zero-order valence-electron chi connectivity index (χ0n) is 78.9. The highest BCUT2D eigenvalue weighted by Crippen LogP contribution is 2.29. The number of nitrogens with zero attached hydrogens (tertiary/aromatic N) is 7. The summed E-state index contributed by atoms with van der Waals surface area (Å²) in [5, 5.41) is 13.8. The van der Waals surface area contributed by atoms with Gasteiger partial charge in [-0.05, 0) is 120 Å². The van der Waals surface area contributed by atoms with Crippen molar-refractivity contribution in [2.45, 2.75) is 345 Å². The number of ether oxygens (including phenoxy) is 4. The molecule has 1 aliphatic heterocycles. The molecule has 5 N–H and O–H groups in total. The van der Waals surface area contributed by atoms with E-state index in [0.29, 0.717) is 25.0 Å². The third-order valence-corrected chi connectivity index (χ3v) is 24.5. The normalized spacial score (nSPS) is 22.4. The van der Waals surface area contributed by atoms with Crippen molar-refractivity contribution in [2.24, 2.45) is 41.4 Å². The molecule has 700 valence electrons. The minimum absolute atomic E-state index is 0.0563. The van der Waals surface area contributed by atoms with E-state index in [4.69, 9.17) is 18.9 Å². The molecule has 1 heterocycles. The van der Waals surface area contributed by atoms with Gasteiger partial charge in [0.25, 0.3) is 0 Å². The number of allylic oxidation sites excluding steroid dienone is 2. The molecule has 4 unspecified atom stereocenters. The van der Waals surface area contributed by atoms with Crippen LogP contribution < -0.4 is 26.6 Å². The molecule has 0 bridgehead atoms. The van der Waals surface area contributed by atoms with Gasteiger partial charge < -0.3 is 79.8 Å². The lowest BCUT2D eigenvalue weighted by atomic mass is 9.91. The van der Waals surface area contributed by atoms with Gasteiger partial charge in [0, 0.05) is 73.7 Å². The standard InChI is InChI=1S/C89H158N12O19S2/c1-27-31-33-34-35-36-37-38-39-40-41-42-43-46-71(102)92-66(88(115)117-30-4)54-122-121-48-44-47-73(104)118-55-119-89(116)120-77(62(17)45-32-28-2)76-81(108)93-65(29-3)83(110)95(20)53-72(103)96(21)67(49-56(5)6)80(107)94-74(60(13)14)86(113)97(22)68(50-57(7)8)79(106)90-63(18)78(105)91-64(19)82(109)98(23)69(51-58(9)10)84(111)99(24)70(52-59(11)12)85(112)100(25)75(61(15)16)87(114)101(76)26/h28,32,56-70,74-77H,27,29-31,33-55H2,1-26H3,(H,90,106)(H,91,105)(H,92,102)(H,93,108)(H,94,107)/t62-,63+,64-,65+,66?,67+,68+,69+,70?,74+,75+,76?,77?/m1/s1. The summed E-state index contributed by atoms with van der Waals surface area (Å²) in [5.41, 5.74) is 0. The summed E-state index contributed by atoms with van der Waals surface area (Å²) in [6.45, 7) is 31.8. The van der Waals surface area contributed by atoms with Gasteiger partial charge in [0.15, 0.2) is 0 Å². The van der Waals surface area contributed by atoms with Gasteiger partial charge in [-0.2, -0.15) is 0 Å². The zero-order valence-corrected chi connectivity index (χ0v) is 80.6. The average molecular weight is 1760 g/mol. The van der Waals surface area contributed by atoms with Crippen molar-refractivity contribution in [1.29, 1.82) is 0 Å². The molecule has 0 aromatic rings. The predicted octanol–water partition coefficient (Wildman–Crippen LogP) is 10.6. The number of hydrogen-bond acceptors (Lipinski definition) is 21. The summed E-state index contributed by atoms with van der Waals surface area (Å²) >= 11 is 0. The molecule has 0 aliphatic carbocycles. The zero-order chi connectivity index (χ0) is 93.0. The van der Waals surface area contributed by atoms with Crippen LogP contribution in [0.1, 0.15) is 273 Å². The fraction of sp³-hybridized carbons (Fsp3) is 0.809. The third kappa shape index (κ3) is 39.6. The number of carbonyl (C=O) groups is 15. The maximum absolute atomic E-state index is 15.9. The van der Waals surface area contributed by atoms with E-state index in [0.717, 1.165) is 29.1 Å². The van der Waals surface area contributed by atoms with Crippen LogP contribution >= 0.6 is 21.6 Å². The first-order chi connectivity index (χ1) is 57.3. The number of hydrogen-bond donors (Lipinski definition) is 5. The molecule has 1 aliphatic rings. The monoisotopic (exact) mass is 1760 g/mol. The van der Waals surface area contributed by atoms with E-state index in [9.17, 15) is 52.7 Å². The van der Waals surface area contributed by atoms with Crippen LogP contribution in [-0.4, -0.2) is 277 Å². The topological polar surface area (TPSA) is 376 Å². The number of esters is 2. The number of amides is 12. The van der Waals surface area contributed by atoms with Gasteiger partial charge in [0.05, 0.1) is 13.2 Å². The Balaban J connectivity index is 4.03. The quantitative estimate of drug-likeness (QED) is 0.00946. The predicted molar refractivity (Wildman–Crippen MR) is 478 cm³/mol. The highest BCUT2D eigenvalue weighted by molar-refractivity contribution is 8.76. The van der Waals surface area contributed by atoms with Gasteiger partial charge in [-0.3, -0.25) is 62.3 Å². The average Bonchev–Trinajstić information content (AvgIpc) is 0.790. The third-order valence-electron chi connectivity index (χ3n) is 22.0. The van der Waals surface area contributed by atoms with Crippen LogP contribution in [-0.2, 0) is 86.1 Å². The molecule has 0 spiro atoms. The molecule has 12 amide bonds. The van der Waals surface area contributed by atoms with Crippen LogP contribution in [0.3, 0.4) is 0 Å². The number of likely N-dealkylation sites (N-methyl/N-ethyl adjacent to an activating group) is 7. The van der Waals surface area contributed by atoms with Crippen LogP contribution in [0, 0.1) is 41.4 Å². The highest BCUT2D eigenvalue weighted by Gasteiger charge is 2.48. The first kappa shape index (κ1) is 112. The van der Waals surface area contributed by atoms with E-state index in [-0.39, 0.29) is 86.9 Å². The van der Waals surface area contributed by atoms with Crippen molar-refractivity contribution in [1.82, 2.24) is 60.9 Å². The molecule has 13 atom stereocenters. The number of nitrogens with one attached hydrogen (secondary N) is 5. The van der Waals surface area contributed by atoms with E-state index in [2.05, 4.69) is 33.5 Å². The summed E-state index contributed by atoms with van der Waals surface area (Å²) in [6.07, 6.45) is 16.5. The lowest BCUT2D eigenvalue weighted by Crippen LogP contribution is -2.64. The fourth-order valence-electron chi connectivity index (χ4n) is 14.6. The maximum Gasteiger partial charge on any atom is 0.511 e. The van der Waals surface area contributed by atoms with Crippen LogP contribution in [0.2, 0.25) is 0 Å². The van der Waals surface area contributed by atoms with Gasteiger partial charge in [-0.15, -0.1) is 0 Å². The van der Waals surface area contributed by atoms with Crippen molar-refractivity contribution in [2.75, 3.05) is 80.8 Å².